The molecule has 5 heteroatoms. The minimum Gasteiger partial charge on any atom is -0.387 e. The summed E-state index contributed by atoms with van der Waals surface area (Å²) in [4.78, 5) is 0. The predicted molar refractivity (Wildman–Crippen MR) is 74.0 cm³/mol. The molecule has 2 aromatic rings. The largest absolute Gasteiger partial charge is 0.387 e. The zero-order valence-corrected chi connectivity index (χ0v) is 11.5. The Morgan fingerprint density at radius 2 is 1.67 bits per heavy atom. The molecule has 0 aromatic heterocycles. The number of rotatable bonds is 5. The Hall–Kier alpha value is -1.85. The van der Waals surface area contributed by atoms with Crippen LogP contribution in [-0.4, -0.2) is 11.1 Å². The van der Waals surface area contributed by atoms with Gasteiger partial charge >= 0.3 is 0 Å². The van der Waals surface area contributed by atoms with Gasteiger partial charge in [0.15, 0.2) is 11.6 Å². The highest BCUT2D eigenvalue weighted by Gasteiger charge is 2.17. The van der Waals surface area contributed by atoms with E-state index < -0.39 is 17.7 Å². The van der Waals surface area contributed by atoms with Crippen molar-refractivity contribution in [2.24, 2.45) is 0 Å². The molecule has 2 rings (SSSR count). The Kier molecular flexibility index (Phi) is 4.98. The maximum Gasteiger partial charge on any atom is 0.159 e. The van der Waals surface area contributed by atoms with Gasteiger partial charge in [-0.3, -0.25) is 0 Å². The molecule has 2 aromatic carbocycles. The maximum atomic E-state index is 13.1. The van der Waals surface area contributed by atoms with Crippen LogP contribution in [0.2, 0.25) is 0 Å². The smallest absolute Gasteiger partial charge is 0.159 e. The summed E-state index contributed by atoms with van der Waals surface area (Å²) in [6.07, 6.45) is -0.972. The Morgan fingerprint density at radius 1 is 1.00 bits per heavy atom. The van der Waals surface area contributed by atoms with Gasteiger partial charge in [-0.2, -0.15) is 0 Å². The van der Waals surface area contributed by atoms with E-state index in [-0.39, 0.29) is 11.9 Å². The number of hydrogen-bond donors (Lipinski definition) is 2. The molecule has 2 unspecified atom stereocenters. The molecule has 0 saturated heterocycles. The molecule has 0 aliphatic rings. The van der Waals surface area contributed by atoms with Gasteiger partial charge in [0, 0.05) is 12.6 Å². The fourth-order valence-corrected chi connectivity index (χ4v) is 1.98. The summed E-state index contributed by atoms with van der Waals surface area (Å²) in [6.45, 7) is 2.16. The summed E-state index contributed by atoms with van der Waals surface area (Å²) in [7, 11) is 0. The molecule has 0 radical (unpaired) electrons. The monoisotopic (exact) mass is 295 g/mol. The number of hydrogen-bond acceptors (Lipinski definition) is 2. The second kappa shape index (κ2) is 6.74. The molecule has 0 bridgehead atoms. The van der Waals surface area contributed by atoms with Crippen molar-refractivity contribution in [2.75, 3.05) is 0 Å². The van der Waals surface area contributed by atoms with Crippen molar-refractivity contribution < 1.29 is 18.3 Å². The standard InChI is InChI=1S/C16H16F3NO/c1-10(20-9-11-2-5-13(17)6-3-11)16(21)12-4-7-14(18)15(19)8-12/h2-8,10,16,20-21H,9H2,1H3. The van der Waals surface area contributed by atoms with E-state index in [2.05, 4.69) is 5.32 Å². The number of aliphatic hydroxyl groups is 1. The van der Waals surface area contributed by atoms with Crippen LogP contribution in [0.15, 0.2) is 42.5 Å². The molecule has 2 nitrogen and oxygen atoms in total. The molecule has 112 valence electrons. The molecule has 0 aliphatic heterocycles. The molecule has 0 amide bonds. The van der Waals surface area contributed by atoms with E-state index in [1.54, 1.807) is 19.1 Å². The second-order valence-corrected chi connectivity index (χ2v) is 4.91. The van der Waals surface area contributed by atoms with Crippen molar-refractivity contribution in [2.45, 2.75) is 25.6 Å². The van der Waals surface area contributed by atoms with E-state index in [4.69, 9.17) is 0 Å². The molecule has 2 N–H and O–H groups in total. The molecule has 0 saturated carbocycles. The molecule has 2 atom stereocenters. The van der Waals surface area contributed by atoms with Gasteiger partial charge in [-0.25, -0.2) is 13.2 Å². The minimum atomic E-state index is -0.989. The van der Waals surface area contributed by atoms with Crippen LogP contribution in [0.25, 0.3) is 0 Å². The van der Waals surface area contributed by atoms with Crippen LogP contribution in [0.1, 0.15) is 24.2 Å². The SMILES string of the molecule is CC(NCc1ccc(F)cc1)C(O)c1ccc(F)c(F)c1. The van der Waals surface area contributed by atoms with Gasteiger partial charge in [-0.05, 0) is 42.3 Å². The van der Waals surface area contributed by atoms with Crippen LogP contribution >= 0.6 is 0 Å². The lowest BCUT2D eigenvalue weighted by Gasteiger charge is -2.21. The van der Waals surface area contributed by atoms with Crippen molar-refractivity contribution >= 4 is 0 Å². The van der Waals surface area contributed by atoms with E-state index >= 15 is 0 Å². The van der Waals surface area contributed by atoms with E-state index in [0.717, 1.165) is 17.7 Å². The number of halogens is 3. The summed E-state index contributed by atoms with van der Waals surface area (Å²) < 4.78 is 38.8. The average molecular weight is 295 g/mol. The van der Waals surface area contributed by atoms with Gasteiger partial charge in [0.05, 0.1) is 6.10 Å². The lowest BCUT2D eigenvalue weighted by Crippen LogP contribution is -2.31. The summed E-state index contributed by atoms with van der Waals surface area (Å²) >= 11 is 0. The van der Waals surface area contributed by atoms with Crippen molar-refractivity contribution in [3.05, 3.63) is 71.0 Å². The van der Waals surface area contributed by atoms with E-state index in [0.29, 0.717) is 12.1 Å². The first kappa shape index (κ1) is 15.5. The molecule has 0 fully saturated rings. The highest BCUT2D eigenvalue weighted by molar-refractivity contribution is 5.21. The third-order valence-corrected chi connectivity index (χ3v) is 3.30. The van der Waals surface area contributed by atoms with Crippen LogP contribution in [-0.2, 0) is 6.54 Å². The Bertz CT molecular complexity index is 601. The lowest BCUT2D eigenvalue weighted by atomic mass is 10.0. The Morgan fingerprint density at radius 3 is 2.29 bits per heavy atom. The van der Waals surface area contributed by atoms with Gasteiger partial charge in [0.2, 0.25) is 0 Å². The van der Waals surface area contributed by atoms with Crippen LogP contribution in [0.3, 0.4) is 0 Å². The summed E-state index contributed by atoms with van der Waals surface area (Å²) in [5.41, 5.74) is 1.16. The number of aliphatic hydroxyl groups excluding tert-OH is 1. The van der Waals surface area contributed by atoms with Crippen LogP contribution < -0.4 is 5.32 Å². The predicted octanol–water partition coefficient (Wildman–Crippen LogP) is 3.32. The Balaban J connectivity index is 1.97. The quantitative estimate of drug-likeness (QED) is 0.887. The third kappa shape index (κ3) is 4.06. The minimum absolute atomic E-state index is 0.299. The van der Waals surface area contributed by atoms with Gasteiger partial charge in [0.1, 0.15) is 5.82 Å². The zero-order chi connectivity index (χ0) is 15.4. The van der Waals surface area contributed by atoms with Gasteiger partial charge in [-0.1, -0.05) is 18.2 Å². The molecular formula is C16H16F3NO. The summed E-state index contributed by atoms with van der Waals surface area (Å²) in [5, 5.41) is 13.2. The topological polar surface area (TPSA) is 32.3 Å². The van der Waals surface area contributed by atoms with Gasteiger partial charge in [-0.15, -0.1) is 0 Å². The van der Waals surface area contributed by atoms with Crippen LogP contribution in [0.5, 0.6) is 0 Å². The third-order valence-electron chi connectivity index (χ3n) is 3.30. The van der Waals surface area contributed by atoms with Gasteiger partial charge < -0.3 is 10.4 Å². The summed E-state index contributed by atoms with van der Waals surface area (Å²) in [6, 6.07) is 8.93. The molecular weight excluding hydrogens is 279 g/mol. The van der Waals surface area contributed by atoms with Crippen LogP contribution in [0, 0.1) is 17.5 Å². The first-order chi connectivity index (χ1) is 9.97. The molecule has 0 heterocycles. The van der Waals surface area contributed by atoms with Crippen molar-refractivity contribution in [3.63, 3.8) is 0 Å². The normalized spacial score (nSPS) is 14.0. The highest BCUT2D eigenvalue weighted by atomic mass is 19.2. The number of nitrogens with one attached hydrogen (secondary N) is 1. The first-order valence-corrected chi connectivity index (χ1v) is 6.58. The fraction of sp³-hybridized carbons (Fsp3) is 0.250. The number of benzene rings is 2. The molecule has 0 aliphatic carbocycles. The van der Waals surface area contributed by atoms with Crippen molar-refractivity contribution in [3.8, 4) is 0 Å². The van der Waals surface area contributed by atoms with Crippen LogP contribution in [0.4, 0.5) is 13.2 Å². The lowest BCUT2D eigenvalue weighted by molar-refractivity contribution is 0.135. The first-order valence-electron chi connectivity index (χ1n) is 6.58. The van der Waals surface area contributed by atoms with Crippen molar-refractivity contribution in [1.82, 2.24) is 5.32 Å². The second-order valence-electron chi connectivity index (χ2n) is 4.91. The van der Waals surface area contributed by atoms with E-state index in [1.165, 1.54) is 18.2 Å². The Labute approximate surface area is 121 Å². The highest BCUT2D eigenvalue weighted by Crippen LogP contribution is 2.19. The maximum absolute atomic E-state index is 13.1. The summed E-state index contributed by atoms with van der Waals surface area (Å²) in [5.74, 6) is -2.25. The zero-order valence-electron chi connectivity index (χ0n) is 11.5. The molecule has 21 heavy (non-hydrogen) atoms. The molecule has 0 spiro atoms. The van der Waals surface area contributed by atoms with Gasteiger partial charge in [0.25, 0.3) is 0 Å². The van der Waals surface area contributed by atoms with E-state index in [1.807, 2.05) is 0 Å². The fourth-order valence-electron chi connectivity index (χ4n) is 1.98. The van der Waals surface area contributed by atoms with E-state index in [9.17, 15) is 18.3 Å². The van der Waals surface area contributed by atoms with Crippen molar-refractivity contribution in [1.29, 1.82) is 0 Å². The average Bonchev–Trinajstić information content (AvgIpc) is 2.48.